The quantitative estimate of drug-likeness (QED) is 0.834. The zero-order valence-corrected chi connectivity index (χ0v) is 8.90. The molecule has 1 aromatic carbocycles. The second kappa shape index (κ2) is 4.46. The molecule has 0 spiro atoms. The van der Waals surface area contributed by atoms with Crippen LogP contribution in [0.5, 0.6) is 5.75 Å². The predicted molar refractivity (Wildman–Crippen MR) is 54.3 cm³/mol. The van der Waals surface area contributed by atoms with Crippen molar-refractivity contribution in [3.05, 3.63) is 22.4 Å². The number of anilines is 1. The van der Waals surface area contributed by atoms with Crippen LogP contribution in [0.15, 0.2) is 16.6 Å². The molecule has 4 heteroatoms. The van der Waals surface area contributed by atoms with Gasteiger partial charge in [0.1, 0.15) is 5.82 Å². The van der Waals surface area contributed by atoms with E-state index in [0.717, 1.165) is 6.42 Å². The van der Waals surface area contributed by atoms with Crippen molar-refractivity contribution in [3.8, 4) is 5.75 Å². The number of ether oxygens (including phenoxy) is 1. The minimum absolute atomic E-state index is 0.293. The molecular weight excluding hydrogens is 237 g/mol. The van der Waals surface area contributed by atoms with E-state index in [1.54, 1.807) is 0 Å². The van der Waals surface area contributed by atoms with E-state index in [2.05, 4.69) is 15.9 Å². The Balaban J connectivity index is 2.96. The molecule has 1 rings (SSSR count). The summed E-state index contributed by atoms with van der Waals surface area (Å²) in [5.74, 6) is 0.0298. The van der Waals surface area contributed by atoms with E-state index in [-0.39, 0.29) is 5.82 Å². The van der Waals surface area contributed by atoms with E-state index in [1.165, 1.54) is 12.1 Å². The third-order valence-electron chi connectivity index (χ3n) is 1.53. The first-order valence-corrected chi connectivity index (χ1v) is 4.82. The van der Waals surface area contributed by atoms with Crippen LogP contribution >= 0.6 is 15.9 Å². The largest absolute Gasteiger partial charge is 0.490 e. The molecule has 0 amide bonds. The van der Waals surface area contributed by atoms with Gasteiger partial charge in [-0.3, -0.25) is 0 Å². The van der Waals surface area contributed by atoms with Gasteiger partial charge >= 0.3 is 0 Å². The standard InChI is InChI=1S/C9H11BrFNO/c1-2-5-13-9-7(12)4-3-6(11)8(9)10/h3-4H,2,5,12H2,1H3. The van der Waals surface area contributed by atoms with Crippen LogP contribution < -0.4 is 10.5 Å². The number of benzene rings is 1. The first-order valence-electron chi connectivity index (χ1n) is 4.03. The zero-order valence-electron chi connectivity index (χ0n) is 7.31. The molecule has 0 aliphatic heterocycles. The molecule has 0 radical (unpaired) electrons. The molecule has 72 valence electrons. The molecule has 0 aliphatic rings. The highest BCUT2D eigenvalue weighted by atomic mass is 79.9. The maximum absolute atomic E-state index is 13.0. The van der Waals surface area contributed by atoms with Crippen LogP contribution in [0.4, 0.5) is 10.1 Å². The first-order chi connectivity index (χ1) is 6.16. The minimum atomic E-state index is -0.361. The molecule has 0 fully saturated rings. The van der Waals surface area contributed by atoms with Gasteiger partial charge in [-0.05, 0) is 34.5 Å². The number of hydrogen-bond acceptors (Lipinski definition) is 2. The smallest absolute Gasteiger partial charge is 0.159 e. The summed E-state index contributed by atoms with van der Waals surface area (Å²) in [5, 5.41) is 0. The van der Waals surface area contributed by atoms with E-state index in [4.69, 9.17) is 10.5 Å². The number of nitrogen functional groups attached to an aromatic ring is 1. The van der Waals surface area contributed by atoms with Crippen molar-refractivity contribution in [2.24, 2.45) is 0 Å². The molecule has 1 aromatic rings. The monoisotopic (exact) mass is 247 g/mol. The highest BCUT2D eigenvalue weighted by Crippen LogP contribution is 2.33. The first kappa shape index (κ1) is 10.3. The lowest BCUT2D eigenvalue weighted by Gasteiger charge is -2.09. The van der Waals surface area contributed by atoms with Crippen molar-refractivity contribution in [1.29, 1.82) is 0 Å². The van der Waals surface area contributed by atoms with E-state index < -0.39 is 0 Å². The summed E-state index contributed by atoms with van der Waals surface area (Å²) in [4.78, 5) is 0. The van der Waals surface area contributed by atoms with Gasteiger partial charge in [-0.15, -0.1) is 0 Å². The zero-order chi connectivity index (χ0) is 9.84. The van der Waals surface area contributed by atoms with Gasteiger partial charge in [-0.2, -0.15) is 0 Å². The third kappa shape index (κ3) is 2.34. The molecule has 0 heterocycles. The summed E-state index contributed by atoms with van der Waals surface area (Å²) in [7, 11) is 0. The van der Waals surface area contributed by atoms with E-state index in [1.807, 2.05) is 6.92 Å². The number of rotatable bonds is 3. The van der Waals surface area contributed by atoms with Crippen molar-refractivity contribution in [1.82, 2.24) is 0 Å². The lowest BCUT2D eigenvalue weighted by molar-refractivity contribution is 0.315. The highest BCUT2D eigenvalue weighted by molar-refractivity contribution is 9.10. The van der Waals surface area contributed by atoms with E-state index >= 15 is 0 Å². The average molecular weight is 248 g/mol. The fourth-order valence-electron chi connectivity index (χ4n) is 0.898. The van der Waals surface area contributed by atoms with Gasteiger partial charge in [0.2, 0.25) is 0 Å². The molecule has 2 N–H and O–H groups in total. The van der Waals surface area contributed by atoms with E-state index in [9.17, 15) is 4.39 Å². The van der Waals surface area contributed by atoms with Gasteiger partial charge in [0.05, 0.1) is 16.8 Å². The van der Waals surface area contributed by atoms with Crippen molar-refractivity contribution >= 4 is 21.6 Å². The molecule has 0 unspecified atom stereocenters. The lowest BCUT2D eigenvalue weighted by atomic mass is 10.3. The van der Waals surface area contributed by atoms with Crippen LogP contribution in [0.2, 0.25) is 0 Å². The fraction of sp³-hybridized carbons (Fsp3) is 0.333. The third-order valence-corrected chi connectivity index (χ3v) is 2.27. The molecule has 13 heavy (non-hydrogen) atoms. The van der Waals surface area contributed by atoms with Gasteiger partial charge in [-0.1, -0.05) is 6.92 Å². The molecule has 0 saturated heterocycles. The number of hydrogen-bond donors (Lipinski definition) is 1. The maximum Gasteiger partial charge on any atom is 0.159 e. The average Bonchev–Trinajstić information content (AvgIpc) is 2.12. The summed E-state index contributed by atoms with van der Waals surface area (Å²) >= 11 is 3.08. The normalized spacial score (nSPS) is 10.1. The van der Waals surface area contributed by atoms with Gasteiger partial charge in [0.25, 0.3) is 0 Å². The van der Waals surface area contributed by atoms with E-state index in [0.29, 0.717) is 22.5 Å². The highest BCUT2D eigenvalue weighted by Gasteiger charge is 2.09. The molecular formula is C9H11BrFNO. The number of halogens is 2. The van der Waals surface area contributed by atoms with Crippen molar-refractivity contribution < 1.29 is 9.13 Å². The summed E-state index contributed by atoms with van der Waals surface area (Å²) < 4.78 is 18.6. The summed E-state index contributed by atoms with van der Waals surface area (Å²) in [6.07, 6.45) is 0.863. The SMILES string of the molecule is CCCOc1c(N)ccc(F)c1Br. The van der Waals surface area contributed by atoms with Gasteiger partial charge in [0, 0.05) is 0 Å². The summed E-state index contributed by atoms with van der Waals surface area (Å²) in [6.45, 7) is 2.51. The predicted octanol–water partition coefficient (Wildman–Crippen LogP) is 2.96. The molecule has 2 nitrogen and oxygen atoms in total. The fourth-order valence-corrected chi connectivity index (χ4v) is 1.37. The van der Waals surface area contributed by atoms with Gasteiger partial charge in [0.15, 0.2) is 5.75 Å². The Labute approximate surface area is 85.0 Å². The Hall–Kier alpha value is -0.770. The Morgan fingerprint density at radius 3 is 2.85 bits per heavy atom. The van der Waals surface area contributed by atoms with Crippen molar-refractivity contribution in [2.75, 3.05) is 12.3 Å². The maximum atomic E-state index is 13.0. The Kier molecular flexibility index (Phi) is 3.54. The second-order valence-electron chi connectivity index (χ2n) is 2.63. The van der Waals surface area contributed by atoms with Crippen LogP contribution in [0.25, 0.3) is 0 Å². The molecule has 0 aromatic heterocycles. The van der Waals surface area contributed by atoms with Crippen molar-refractivity contribution in [2.45, 2.75) is 13.3 Å². The topological polar surface area (TPSA) is 35.2 Å². The summed E-state index contributed by atoms with van der Waals surface area (Å²) in [6, 6.07) is 2.79. The van der Waals surface area contributed by atoms with Gasteiger partial charge in [-0.25, -0.2) is 4.39 Å². The Bertz CT molecular complexity index is 304. The van der Waals surface area contributed by atoms with Crippen LogP contribution in [-0.4, -0.2) is 6.61 Å². The second-order valence-corrected chi connectivity index (χ2v) is 3.42. The van der Waals surface area contributed by atoms with Crippen LogP contribution in [0.3, 0.4) is 0 Å². The molecule has 0 atom stereocenters. The lowest BCUT2D eigenvalue weighted by Crippen LogP contribution is -2.00. The Morgan fingerprint density at radius 2 is 2.23 bits per heavy atom. The van der Waals surface area contributed by atoms with Crippen LogP contribution in [-0.2, 0) is 0 Å². The molecule has 0 aliphatic carbocycles. The molecule has 0 bridgehead atoms. The van der Waals surface area contributed by atoms with Gasteiger partial charge < -0.3 is 10.5 Å². The summed E-state index contributed by atoms with van der Waals surface area (Å²) in [5.41, 5.74) is 6.06. The van der Waals surface area contributed by atoms with Crippen LogP contribution in [0, 0.1) is 5.82 Å². The van der Waals surface area contributed by atoms with Crippen LogP contribution in [0.1, 0.15) is 13.3 Å². The molecule has 0 saturated carbocycles. The number of nitrogens with two attached hydrogens (primary N) is 1. The minimum Gasteiger partial charge on any atom is -0.490 e. The van der Waals surface area contributed by atoms with Crippen molar-refractivity contribution in [3.63, 3.8) is 0 Å². The Morgan fingerprint density at radius 1 is 1.54 bits per heavy atom.